The molecule has 0 aromatic carbocycles. The van der Waals surface area contributed by atoms with E-state index in [9.17, 15) is 4.79 Å². The SMILES string of the molecule is CC(=O)O/N=C(/C(C)C)C(C)(C)C. The highest BCUT2D eigenvalue weighted by Gasteiger charge is 2.22. The summed E-state index contributed by atoms with van der Waals surface area (Å²) >= 11 is 0. The zero-order chi connectivity index (χ0) is 10.6. The maximum Gasteiger partial charge on any atom is 0.331 e. The Balaban J connectivity index is 4.62. The van der Waals surface area contributed by atoms with Crippen LogP contribution in [0.5, 0.6) is 0 Å². The number of oxime groups is 1. The third-order valence-electron chi connectivity index (χ3n) is 1.59. The van der Waals surface area contributed by atoms with Gasteiger partial charge in [0.15, 0.2) is 0 Å². The van der Waals surface area contributed by atoms with E-state index >= 15 is 0 Å². The van der Waals surface area contributed by atoms with Gasteiger partial charge < -0.3 is 4.84 Å². The minimum atomic E-state index is -0.373. The number of carbonyl (C=O) groups excluding carboxylic acids is 1. The highest BCUT2D eigenvalue weighted by molar-refractivity contribution is 5.90. The lowest BCUT2D eigenvalue weighted by Gasteiger charge is -2.23. The van der Waals surface area contributed by atoms with Gasteiger partial charge in [0.1, 0.15) is 0 Å². The van der Waals surface area contributed by atoms with Crippen molar-refractivity contribution >= 4 is 11.7 Å². The number of nitrogens with zero attached hydrogens (tertiary/aromatic N) is 1. The summed E-state index contributed by atoms with van der Waals surface area (Å²) in [6.07, 6.45) is 0. The normalized spacial score (nSPS) is 13.3. The van der Waals surface area contributed by atoms with Crippen LogP contribution in [0.15, 0.2) is 5.16 Å². The summed E-state index contributed by atoms with van der Waals surface area (Å²) in [5, 5.41) is 3.86. The van der Waals surface area contributed by atoms with Gasteiger partial charge in [-0.2, -0.15) is 0 Å². The van der Waals surface area contributed by atoms with Crippen molar-refractivity contribution in [1.29, 1.82) is 0 Å². The average molecular weight is 185 g/mol. The molecule has 13 heavy (non-hydrogen) atoms. The second-order valence-corrected chi connectivity index (χ2v) is 4.46. The number of rotatable bonds is 2. The van der Waals surface area contributed by atoms with E-state index in [4.69, 9.17) is 0 Å². The van der Waals surface area contributed by atoms with Gasteiger partial charge in [-0.15, -0.1) is 0 Å². The van der Waals surface area contributed by atoms with Gasteiger partial charge in [-0.05, 0) is 5.92 Å². The highest BCUT2D eigenvalue weighted by atomic mass is 16.7. The van der Waals surface area contributed by atoms with Crippen molar-refractivity contribution in [2.24, 2.45) is 16.5 Å². The molecule has 0 aliphatic rings. The van der Waals surface area contributed by atoms with E-state index in [1.165, 1.54) is 6.92 Å². The molecule has 0 radical (unpaired) electrons. The first-order valence-electron chi connectivity index (χ1n) is 4.51. The molecule has 0 N–H and O–H groups in total. The Labute approximate surface area is 80.1 Å². The van der Waals surface area contributed by atoms with Crippen molar-refractivity contribution in [3.8, 4) is 0 Å². The molecule has 0 saturated heterocycles. The molecular weight excluding hydrogens is 166 g/mol. The van der Waals surface area contributed by atoms with Gasteiger partial charge in [0.05, 0.1) is 5.71 Å². The van der Waals surface area contributed by atoms with Crippen LogP contribution < -0.4 is 0 Å². The molecule has 3 nitrogen and oxygen atoms in total. The van der Waals surface area contributed by atoms with Crippen LogP contribution in [0.4, 0.5) is 0 Å². The second-order valence-electron chi connectivity index (χ2n) is 4.46. The van der Waals surface area contributed by atoms with Crippen LogP contribution >= 0.6 is 0 Å². The number of carbonyl (C=O) groups is 1. The molecule has 0 bridgehead atoms. The van der Waals surface area contributed by atoms with Crippen molar-refractivity contribution in [3.05, 3.63) is 0 Å². The molecule has 0 spiro atoms. The van der Waals surface area contributed by atoms with Crippen LogP contribution in [0.2, 0.25) is 0 Å². The third kappa shape index (κ3) is 4.65. The Kier molecular flexibility index (Phi) is 4.11. The zero-order valence-electron chi connectivity index (χ0n) is 9.34. The van der Waals surface area contributed by atoms with Crippen LogP contribution in [0.1, 0.15) is 41.5 Å². The third-order valence-corrected chi connectivity index (χ3v) is 1.59. The highest BCUT2D eigenvalue weighted by Crippen LogP contribution is 2.21. The van der Waals surface area contributed by atoms with Crippen LogP contribution in [0.3, 0.4) is 0 Å². The van der Waals surface area contributed by atoms with Crippen LogP contribution in [-0.4, -0.2) is 11.7 Å². The van der Waals surface area contributed by atoms with Gasteiger partial charge >= 0.3 is 5.97 Å². The fourth-order valence-corrected chi connectivity index (χ4v) is 1.22. The van der Waals surface area contributed by atoms with E-state index in [1.54, 1.807) is 0 Å². The zero-order valence-corrected chi connectivity index (χ0v) is 9.34. The standard InChI is InChI=1S/C10H19NO2/c1-7(2)9(10(4,5)6)11-13-8(3)12/h7H,1-6H3/b11-9-. The summed E-state index contributed by atoms with van der Waals surface area (Å²) in [6, 6.07) is 0. The first-order valence-corrected chi connectivity index (χ1v) is 4.51. The molecule has 0 saturated carbocycles. The van der Waals surface area contributed by atoms with Crippen molar-refractivity contribution in [2.75, 3.05) is 0 Å². The van der Waals surface area contributed by atoms with E-state index < -0.39 is 0 Å². The minimum absolute atomic E-state index is 0.0520. The minimum Gasteiger partial charge on any atom is -0.319 e. The van der Waals surface area contributed by atoms with Crippen molar-refractivity contribution in [3.63, 3.8) is 0 Å². The maximum atomic E-state index is 10.6. The van der Waals surface area contributed by atoms with E-state index in [-0.39, 0.29) is 11.4 Å². The summed E-state index contributed by atoms with van der Waals surface area (Å²) in [4.78, 5) is 15.2. The van der Waals surface area contributed by atoms with E-state index in [0.717, 1.165) is 5.71 Å². The summed E-state index contributed by atoms with van der Waals surface area (Å²) in [5.41, 5.74) is 0.853. The van der Waals surface area contributed by atoms with Gasteiger partial charge in [0.25, 0.3) is 0 Å². The Bertz CT molecular complexity index is 211. The fraction of sp³-hybridized carbons (Fsp3) is 0.800. The molecule has 0 rings (SSSR count). The Morgan fingerprint density at radius 1 is 1.31 bits per heavy atom. The molecule has 3 heteroatoms. The van der Waals surface area contributed by atoms with Crippen LogP contribution in [0.25, 0.3) is 0 Å². The fourth-order valence-electron chi connectivity index (χ4n) is 1.22. The lowest BCUT2D eigenvalue weighted by atomic mass is 9.84. The molecule has 0 aliphatic carbocycles. The summed E-state index contributed by atoms with van der Waals surface area (Å²) in [5.74, 6) is -0.0817. The van der Waals surface area contributed by atoms with Crippen molar-refractivity contribution < 1.29 is 9.63 Å². The number of hydrogen-bond donors (Lipinski definition) is 0. The first kappa shape index (κ1) is 12.1. The van der Waals surface area contributed by atoms with Crippen LogP contribution in [0, 0.1) is 11.3 Å². The topological polar surface area (TPSA) is 38.7 Å². The van der Waals surface area contributed by atoms with E-state index in [1.807, 2.05) is 13.8 Å². The molecule has 0 fully saturated rings. The predicted octanol–water partition coefficient (Wildman–Crippen LogP) is 2.61. The van der Waals surface area contributed by atoms with E-state index in [2.05, 4.69) is 30.8 Å². The van der Waals surface area contributed by atoms with Gasteiger partial charge in [0.2, 0.25) is 0 Å². The molecule has 0 aliphatic heterocycles. The average Bonchev–Trinajstić information content (AvgIpc) is 1.81. The molecular formula is C10H19NO2. The van der Waals surface area contributed by atoms with E-state index in [0.29, 0.717) is 5.92 Å². The van der Waals surface area contributed by atoms with Gasteiger partial charge in [-0.3, -0.25) is 0 Å². The molecule has 0 aromatic heterocycles. The van der Waals surface area contributed by atoms with Crippen LogP contribution in [-0.2, 0) is 9.63 Å². The van der Waals surface area contributed by atoms with Gasteiger partial charge in [-0.25, -0.2) is 4.79 Å². The Morgan fingerprint density at radius 3 is 2.00 bits per heavy atom. The lowest BCUT2D eigenvalue weighted by molar-refractivity contribution is -0.141. The monoisotopic (exact) mass is 185 g/mol. The predicted molar refractivity (Wildman–Crippen MR) is 53.5 cm³/mol. The largest absolute Gasteiger partial charge is 0.331 e. The summed E-state index contributed by atoms with van der Waals surface area (Å²) in [7, 11) is 0. The number of hydrogen-bond acceptors (Lipinski definition) is 3. The smallest absolute Gasteiger partial charge is 0.319 e. The van der Waals surface area contributed by atoms with Crippen molar-refractivity contribution in [1.82, 2.24) is 0 Å². The molecule has 0 amide bonds. The molecule has 0 atom stereocenters. The first-order chi connectivity index (χ1) is 5.75. The quantitative estimate of drug-likeness (QED) is 0.377. The molecule has 0 unspecified atom stereocenters. The summed E-state index contributed by atoms with van der Waals surface area (Å²) in [6.45, 7) is 11.6. The Morgan fingerprint density at radius 2 is 1.77 bits per heavy atom. The van der Waals surface area contributed by atoms with Gasteiger partial charge in [0, 0.05) is 12.3 Å². The second kappa shape index (κ2) is 4.40. The molecule has 0 aromatic rings. The molecule has 76 valence electrons. The van der Waals surface area contributed by atoms with Gasteiger partial charge in [-0.1, -0.05) is 39.8 Å². The Hall–Kier alpha value is -0.860. The maximum absolute atomic E-state index is 10.6. The van der Waals surface area contributed by atoms with Crippen molar-refractivity contribution in [2.45, 2.75) is 41.5 Å². The lowest BCUT2D eigenvalue weighted by Crippen LogP contribution is -2.26. The summed E-state index contributed by atoms with van der Waals surface area (Å²) < 4.78 is 0. The molecule has 0 heterocycles.